The van der Waals surface area contributed by atoms with Crippen molar-refractivity contribution in [2.24, 2.45) is 11.3 Å². The maximum atomic E-state index is 10.5. The van der Waals surface area contributed by atoms with Gasteiger partial charge in [0, 0.05) is 6.42 Å². The first-order valence-electron chi connectivity index (χ1n) is 4.57. The Morgan fingerprint density at radius 1 is 1.42 bits per heavy atom. The minimum absolute atomic E-state index is 0.246. The molecule has 0 aromatic heterocycles. The molecule has 1 unspecified atom stereocenters. The van der Waals surface area contributed by atoms with Crippen molar-refractivity contribution < 1.29 is 9.90 Å². The normalized spacial score (nSPS) is 14.3. The lowest BCUT2D eigenvalue weighted by molar-refractivity contribution is -0.138. The monoisotopic (exact) mass is 172 g/mol. The Morgan fingerprint density at radius 3 is 2.17 bits per heavy atom. The zero-order valence-corrected chi connectivity index (χ0v) is 8.55. The van der Waals surface area contributed by atoms with Crippen LogP contribution in [0.3, 0.4) is 0 Å². The summed E-state index contributed by atoms with van der Waals surface area (Å²) in [7, 11) is 0. The van der Waals surface area contributed by atoms with Crippen molar-refractivity contribution >= 4 is 5.97 Å². The maximum absolute atomic E-state index is 10.5. The molecule has 0 radical (unpaired) electrons. The highest BCUT2D eigenvalue weighted by atomic mass is 16.4. The Morgan fingerprint density at radius 2 is 1.92 bits per heavy atom. The molecule has 0 aromatic rings. The van der Waals surface area contributed by atoms with Crippen LogP contribution in [-0.4, -0.2) is 11.1 Å². The predicted octanol–water partition coefficient (Wildman–Crippen LogP) is 2.92. The number of aliphatic carboxylic acids is 1. The zero-order chi connectivity index (χ0) is 9.78. The quantitative estimate of drug-likeness (QED) is 0.708. The van der Waals surface area contributed by atoms with Crippen molar-refractivity contribution in [2.75, 3.05) is 0 Å². The molecule has 0 aliphatic carbocycles. The van der Waals surface area contributed by atoms with E-state index in [0.29, 0.717) is 12.3 Å². The van der Waals surface area contributed by atoms with Crippen LogP contribution in [0.25, 0.3) is 0 Å². The van der Waals surface area contributed by atoms with Crippen molar-refractivity contribution in [3.63, 3.8) is 0 Å². The first kappa shape index (κ1) is 11.5. The summed E-state index contributed by atoms with van der Waals surface area (Å²) >= 11 is 0. The minimum Gasteiger partial charge on any atom is -0.481 e. The fraction of sp³-hybridized carbons (Fsp3) is 0.900. The minimum atomic E-state index is -0.675. The molecule has 2 nitrogen and oxygen atoms in total. The lowest BCUT2D eigenvalue weighted by atomic mass is 9.82. The number of hydrogen-bond donors (Lipinski definition) is 1. The molecule has 0 aliphatic rings. The Kier molecular flexibility index (Phi) is 4.29. The molecule has 12 heavy (non-hydrogen) atoms. The summed E-state index contributed by atoms with van der Waals surface area (Å²) in [6, 6.07) is 0. The number of rotatable bonds is 4. The lowest BCUT2D eigenvalue weighted by Crippen LogP contribution is -2.15. The van der Waals surface area contributed by atoms with E-state index < -0.39 is 5.97 Å². The van der Waals surface area contributed by atoms with E-state index in [-0.39, 0.29) is 5.41 Å². The molecule has 2 heteroatoms. The molecule has 1 N–H and O–H groups in total. The molecule has 0 saturated heterocycles. The van der Waals surface area contributed by atoms with Crippen LogP contribution in [-0.2, 0) is 4.79 Å². The van der Waals surface area contributed by atoms with Gasteiger partial charge in [-0.3, -0.25) is 4.79 Å². The number of hydrogen-bond acceptors (Lipinski definition) is 1. The molecule has 0 aromatic carbocycles. The highest BCUT2D eigenvalue weighted by Gasteiger charge is 2.19. The summed E-state index contributed by atoms with van der Waals surface area (Å²) in [6.07, 6.45) is 2.27. The van der Waals surface area contributed by atoms with Crippen molar-refractivity contribution in [3.8, 4) is 0 Å². The van der Waals surface area contributed by atoms with E-state index in [1.165, 1.54) is 0 Å². The van der Waals surface area contributed by atoms with E-state index in [2.05, 4.69) is 27.7 Å². The van der Waals surface area contributed by atoms with Crippen LogP contribution in [0.1, 0.15) is 47.0 Å². The Balaban J connectivity index is 3.92. The van der Waals surface area contributed by atoms with E-state index in [0.717, 1.165) is 12.8 Å². The highest BCUT2D eigenvalue weighted by Crippen LogP contribution is 2.27. The fourth-order valence-electron chi connectivity index (χ4n) is 1.47. The van der Waals surface area contributed by atoms with Gasteiger partial charge in [-0.25, -0.2) is 0 Å². The molecule has 0 spiro atoms. The number of carboxylic acid groups (broad SMARTS) is 1. The average Bonchev–Trinajstić information content (AvgIpc) is 1.82. The van der Waals surface area contributed by atoms with Gasteiger partial charge in [-0.1, -0.05) is 34.1 Å². The van der Waals surface area contributed by atoms with Crippen molar-refractivity contribution in [3.05, 3.63) is 0 Å². The van der Waals surface area contributed by atoms with Crippen molar-refractivity contribution in [1.29, 1.82) is 0 Å². The first-order valence-corrected chi connectivity index (χ1v) is 4.57. The van der Waals surface area contributed by atoms with Gasteiger partial charge in [-0.05, 0) is 17.8 Å². The van der Waals surface area contributed by atoms with E-state index in [1.54, 1.807) is 0 Å². The number of carbonyl (C=O) groups is 1. The van der Waals surface area contributed by atoms with Crippen LogP contribution < -0.4 is 0 Å². The Hall–Kier alpha value is -0.530. The van der Waals surface area contributed by atoms with Crippen molar-refractivity contribution in [2.45, 2.75) is 47.0 Å². The van der Waals surface area contributed by atoms with Crippen LogP contribution in [0.4, 0.5) is 0 Å². The van der Waals surface area contributed by atoms with Crippen LogP contribution in [0.15, 0.2) is 0 Å². The molecule has 0 bridgehead atoms. The predicted molar refractivity (Wildman–Crippen MR) is 50.1 cm³/mol. The Labute approximate surface area is 75.0 Å². The summed E-state index contributed by atoms with van der Waals surface area (Å²) in [6.45, 7) is 8.51. The second kappa shape index (κ2) is 4.48. The molecule has 0 amide bonds. The van der Waals surface area contributed by atoms with Crippen LogP contribution in [0.2, 0.25) is 0 Å². The van der Waals surface area contributed by atoms with E-state index in [4.69, 9.17) is 5.11 Å². The van der Waals surface area contributed by atoms with Gasteiger partial charge in [-0.2, -0.15) is 0 Å². The fourth-order valence-corrected chi connectivity index (χ4v) is 1.47. The lowest BCUT2D eigenvalue weighted by Gasteiger charge is -2.23. The molecule has 0 fully saturated rings. The standard InChI is InChI=1S/C10H20O2/c1-5-8(6-9(11)12)7-10(2,3)4/h8H,5-7H2,1-4H3,(H,11,12). The van der Waals surface area contributed by atoms with Gasteiger partial charge in [0.05, 0.1) is 0 Å². The second-order valence-corrected chi connectivity index (χ2v) is 4.64. The molecule has 1 atom stereocenters. The van der Waals surface area contributed by atoms with Gasteiger partial charge in [0.2, 0.25) is 0 Å². The molecular formula is C10H20O2. The summed E-state index contributed by atoms with van der Waals surface area (Å²) in [5.41, 5.74) is 0.246. The molecule has 0 rings (SSSR count). The average molecular weight is 172 g/mol. The zero-order valence-electron chi connectivity index (χ0n) is 8.55. The summed E-state index contributed by atoms with van der Waals surface area (Å²) in [5, 5.41) is 8.61. The summed E-state index contributed by atoms with van der Waals surface area (Å²) in [4.78, 5) is 10.5. The van der Waals surface area contributed by atoms with Crippen LogP contribution in [0.5, 0.6) is 0 Å². The largest absolute Gasteiger partial charge is 0.481 e. The highest BCUT2D eigenvalue weighted by molar-refractivity contribution is 5.66. The summed E-state index contributed by atoms with van der Waals surface area (Å²) in [5.74, 6) is -0.339. The molecule has 0 saturated carbocycles. The Bertz CT molecular complexity index is 144. The van der Waals surface area contributed by atoms with E-state index in [1.807, 2.05) is 0 Å². The molecular weight excluding hydrogens is 152 g/mol. The van der Waals surface area contributed by atoms with E-state index >= 15 is 0 Å². The maximum Gasteiger partial charge on any atom is 0.303 e. The van der Waals surface area contributed by atoms with E-state index in [9.17, 15) is 4.79 Å². The van der Waals surface area contributed by atoms with Crippen LogP contribution in [0, 0.1) is 11.3 Å². The smallest absolute Gasteiger partial charge is 0.303 e. The van der Waals surface area contributed by atoms with Crippen molar-refractivity contribution in [1.82, 2.24) is 0 Å². The topological polar surface area (TPSA) is 37.3 Å². The van der Waals surface area contributed by atoms with Gasteiger partial charge in [0.25, 0.3) is 0 Å². The van der Waals surface area contributed by atoms with Crippen LogP contribution >= 0.6 is 0 Å². The number of carboxylic acids is 1. The van der Waals surface area contributed by atoms with Gasteiger partial charge < -0.3 is 5.11 Å². The van der Waals surface area contributed by atoms with Gasteiger partial charge >= 0.3 is 5.97 Å². The first-order chi connectivity index (χ1) is 5.35. The van der Waals surface area contributed by atoms with Gasteiger partial charge in [0.15, 0.2) is 0 Å². The third kappa shape index (κ3) is 6.20. The third-order valence-corrected chi connectivity index (χ3v) is 1.94. The second-order valence-electron chi connectivity index (χ2n) is 4.64. The van der Waals surface area contributed by atoms with Gasteiger partial charge in [-0.15, -0.1) is 0 Å². The molecule has 72 valence electrons. The molecule has 0 aliphatic heterocycles. The van der Waals surface area contributed by atoms with Gasteiger partial charge in [0.1, 0.15) is 0 Å². The summed E-state index contributed by atoms with van der Waals surface area (Å²) < 4.78 is 0. The third-order valence-electron chi connectivity index (χ3n) is 1.94. The SMILES string of the molecule is CCC(CC(=O)O)CC(C)(C)C. The molecule has 0 heterocycles.